The fourth-order valence-corrected chi connectivity index (χ4v) is 2.84. The molecule has 132 valence electrons. The van der Waals surface area contributed by atoms with Crippen molar-refractivity contribution in [2.75, 3.05) is 12.4 Å². The molecule has 0 bridgehead atoms. The number of anilines is 1. The Labute approximate surface area is 146 Å². The lowest BCUT2D eigenvalue weighted by Gasteiger charge is -2.14. The zero-order chi connectivity index (χ0) is 18.6. The summed E-state index contributed by atoms with van der Waals surface area (Å²) in [6.45, 7) is 1.57. The lowest BCUT2D eigenvalue weighted by molar-refractivity contribution is -0.384. The second-order valence-corrected chi connectivity index (χ2v) is 6.38. The number of hydrogen-bond acceptors (Lipinski definition) is 5. The number of methoxy groups -OCH3 is 1. The first-order valence-electron chi connectivity index (χ1n) is 7.07. The maximum atomic E-state index is 13.2. The summed E-state index contributed by atoms with van der Waals surface area (Å²) in [6.07, 6.45) is 0. The van der Waals surface area contributed by atoms with E-state index in [1.54, 1.807) is 6.92 Å². The minimum absolute atomic E-state index is 0.152. The molecule has 0 aliphatic carbocycles. The molecule has 0 aliphatic rings. The van der Waals surface area contributed by atoms with Gasteiger partial charge < -0.3 is 10.1 Å². The molecule has 9 heteroatoms. The number of hydrogen-bond donors (Lipinski definition) is 1. The minimum Gasteiger partial charge on any atom is -0.495 e. The lowest BCUT2D eigenvalue weighted by Crippen LogP contribution is -2.22. The molecule has 0 saturated heterocycles. The van der Waals surface area contributed by atoms with Crippen LogP contribution in [0, 0.1) is 21.7 Å². The average Bonchev–Trinajstić information content (AvgIpc) is 2.57. The molecule has 6 nitrogen and oxygen atoms in total. The van der Waals surface area contributed by atoms with E-state index in [2.05, 4.69) is 5.32 Å². The summed E-state index contributed by atoms with van der Waals surface area (Å²) in [5.74, 6) is -2.17. The first kappa shape index (κ1) is 18.7. The molecule has 0 fully saturated rings. The van der Waals surface area contributed by atoms with Gasteiger partial charge >= 0.3 is 0 Å². The number of nitro groups is 1. The van der Waals surface area contributed by atoms with Crippen LogP contribution in [0.4, 0.5) is 20.2 Å². The van der Waals surface area contributed by atoms with Crippen LogP contribution in [-0.4, -0.2) is 23.2 Å². The number of halogens is 2. The van der Waals surface area contributed by atoms with Gasteiger partial charge in [-0.15, -0.1) is 11.8 Å². The summed E-state index contributed by atoms with van der Waals surface area (Å²) < 4.78 is 31.2. The molecule has 0 aromatic heterocycles. The third kappa shape index (κ3) is 4.66. The number of benzene rings is 2. The summed E-state index contributed by atoms with van der Waals surface area (Å²) in [4.78, 5) is 22.9. The lowest BCUT2D eigenvalue weighted by atomic mass is 10.2. The highest BCUT2D eigenvalue weighted by Gasteiger charge is 2.19. The van der Waals surface area contributed by atoms with E-state index in [0.717, 1.165) is 23.9 Å². The number of non-ortho nitro benzene ring substituents is 1. The van der Waals surface area contributed by atoms with Crippen LogP contribution in [0.15, 0.2) is 41.3 Å². The Balaban J connectivity index is 2.13. The van der Waals surface area contributed by atoms with Crippen LogP contribution in [-0.2, 0) is 4.79 Å². The zero-order valence-corrected chi connectivity index (χ0v) is 14.1. The normalized spacial score (nSPS) is 11.7. The summed E-state index contributed by atoms with van der Waals surface area (Å²) >= 11 is 1.02. The molecule has 0 radical (unpaired) electrons. The van der Waals surface area contributed by atoms with Gasteiger partial charge in [-0.25, -0.2) is 8.78 Å². The van der Waals surface area contributed by atoms with Crippen molar-refractivity contribution in [2.24, 2.45) is 0 Å². The molecular weight excluding hydrogens is 354 g/mol. The van der Waals surface area contributed by atoms with Crippen LogP contribution >= 0.6 is 11.8 Å². The fourth-order valence-electron chi connectivity index (χ4n) is 1.95. The van der Waals surface area contributed by atoms with E-state index >= 15 is 0 Å². The first-order valence-corrected chi connectivity index (χ1v) is 7.94. The van der Waals surface area contributed by atoms with Crippen molar-refractivity contribution < 1.29 is 23.2 Å². The molecule has 0 saturated carbocycles. The number of carbonyl (C=O) groups excluding carboxylic acids is 1. The highest BCUT2D eigenvalue weighted by atomic mass is 32.2. The average molecular weight is 368 g/mol. The van der Waals surface area contributed by atoms with Crippen molar-refractivity contribution in [3.8, 4) is 5.75 Å². The second-order valence-electron chi connectivity index (χ2n) is 4.97. The predicted molar refractivity (Wildman–Crippen MR) is 90.0 cm³/mol. The standard InChI is InChI=1S/C16H14F2N2O4S/c1-9(25-11-4-5-12(17)13(18)8-11)16(21)19-14-7-10(20(22)23)3-6-15(14)24-2/h3-9H,1-2H3,(H,19,21)/t9-/m0/s1. The second kappa shape index (κ2) is 7.93. The molecule has 1 amide bonds. The molecular formula is C16H14F2N2O4S. The maximum Gasteiger partial charge on any atom is 0.271 e. The quantitative estimate of drug-likeness (QED) is 0.473. The van der Waals surface area contributed by atoms with Crippen LogP contribution < -0.4 is 10.1 Å². The smallest absolute Gasteiger partial charge is 0.271 e. The Bertz CT molecular complexity index is 817. The van der Waals surface area contributed by atoms with Crippen molar-refractivity contribution in [2.45, 2.75) is 17.1 Å². The molecule has 0 aliphatic heterocycles. The Hall–Kier alpha value is -2.68. The van der Waals surface area contributed by atoms with Crippen molar-refractivity contribution in [1.82, 2.24) is 0 Å². The highest BCUT2D eigenvalue weighted by molar-refractivity contribution is 8.00. The van der Waals surface area contributed by atoms with Crippen molar-refractivity contribution in [3.63, 3.8) is 0 Å². The molecule has 1 atom stereocenters. The van der Waals surface area contributed by atoms with Gasteiger partial charge in [-0.1, -0.05) is 0 Å². The van der Waals surface area contributed by atoms with Crippen molar-refractivity contribution in [1.29, 1.82) is 0 Å². The van der Waals surface area contributed by atoms with Gasteiger partial charge in [-0.2, -0.15) is 0 Å². The van der Waals surface area contributed by atoms with Gasteiger partial charge in [0, 0.05) is 17.0 Å². The third-order valence-electron chi connectivity index (χ3n) is 3.22. The number of rotatable bonds is 6. The Morgan fingerprint density at radius 3 is 2.56 bits per heavy atom. The number of nitrogens with one attached hydrogen (secondary N) is 1. The van der Waals surface area contributed by atoms with Crippen molar-refractivity contribution >= 4 is 29.0 Å². The highest BCUT2D eigenvalue weighted by Crippen LogP contribution is 2.31. The molecule has 25 heavy (non-hydrogen) atoms. The number of amides is 1. The van der Waals surface area contributed by atoms with Crippen LogP contribution in [0.25, 0.3) is 0 Å². The number of ether oxygens (including phenoxy) is 1. The van der Waals surface area contributed by atoms with Crippen molar-refractivity contribution in [3.05, 3.63) is 58.1 Å². The fraction of sp³-hybridized carbons (Fsp3) is 0.188. The number of nitrogens with zero attached hydrogens (tertiary/aromatic N) is 1. The number of thioether (sulfide) groups is 1. The van der Waals surface area contributed by atoms with E-state index in [1.807, 2.05) is 0 Å². The monoisotopic (exact) mass is 368 g/mol. The summed E-state index contributed by atoms with van der Waals surface area (Å²) in [7, 11) is 1.37. The molecule has 0 unspecified atom stereocenters. The topological polar surface area (TPSA) is 81.5 Å². The van der Waals surface area contributed by atoms with E-state index < -0.39 is 27.7 Å². The van der Waals surface area contributed by atoms with Crippen LogP contribution in [0.5, 0.6) is 5.75 Å². The Morgan fingerprint density at radius 1 is 1.24 bits per heavy atom. The largest absolute Gasteiger partial charge is 0.495 e. The van der Waals surface area contributed by atoms with Gasteiger partial charge in [0.1, 0.15) is 5.75 Å². The Kier molecular flexibility index (Phi) is 5.92. The summed E-state index contributed by atoms with van der Waals surface area (Å²) in [6, 6.07) is 7.16. The predicted octanol–water partition coefficient (Wildman–Crippen LogP) is 4.00. The van der Waals surface area contributed by atoms with E-state index in [0.29, 0.717) is 4.90 Å². The van der Waals surface area contributed by atoms with E-state index in [1.165, 1.54) is 31.4 Å². The van der Waals surface area contributed by atoms with Gasteiger partial charge in [-0.05, 0) is 31.2 Å². The van der Waals surface area contributed by atoms with Crippen LogP contribution in [0.1, 0.15) is 6.92 Å². The van der Waals surface area contributed by atoms with E-state index in [9.17, 15) is 23.7 Å². The van der Waals surface area contributed by atoms with Crippen LogP contribution in [0.2, 0.25) is 0 Å². The molecule has 1 N–H and O–H groups in total. The number of nitro benzene ring substituents is 1. The molecule has 2 aromatic carbocycles. The SMILES string of the molecule is COc1ccc([N+](=O)[O-])cc1NC(=O)[C@H](C)Sc1ccc(F)c(F)c1. The van der Waals surface area contributed by atoms with Gasteiger partial charge in [0.2, 0.25) is 5.91 Å². The number of carbonyl (C=O) groups is 1. The summed E-state index contributed by atoms with van der Waals surface area (Å²) in [5.41, 5.74) is -0.0450. The van der Waals surface area contributed by atoms with E-state index in [-0.39, 0.29) is 17.1 Å². The van der Waals surface area contributed by atoms with Gasteiger partial charge in [-0.3, -0.25) is 14.9 Å². The van der Waals surface area contributed by atoms with Gasteiger partial charge in [0.15, 0.2) is 11.6 Å². The van der Waals surface area contributed by atoms with Gasteiger partial charge in [0.25, 0.3) is 5.69 Å². The first-order chi connectivity index (χ1) is 11.8. The molecule has 0 heterocycles. The zero-order valence-electron chi connectivity index (χ0n) is 13.3. The van der Waals surface area contributed by atoms with Crippen LogP contribution in [0.3, 0.4) is 0 Å². The van der Waals surface area contributed by atoms with E-state index in [4.69, 9.17) is 4.74 Å². The molecule has 0 spiro atoms. The van der Waals surface area contributed by atoms with Gasteiger partial charge in [0.05, 0.1) is 23.0 Å². The minimum atomic E-state index is -1.00. The third-order valence-corrected chi connectivity index (χ3v) is 4.32. The Morgan fingerprint density at radius 2 is 1.96 bits per heavy atom. The molecule has 2 rings (SSSR count). The molecule has 2 aromatic rings. The maximum absolute atomic E-state index is 13.2. The summed E-state index contributed by atoms with van der Waals surface area (Å²) in [5, 5.41) is 12.7.